The van der Waals surface area contributed by atoms with Crippen molar-refractivity contribution >= 4 is 35.9 Å². The Morgan fingerprint density at radius 2 is 1.88 bits per heavy atom. The zero-order valence-electron chi connectivity index (χ0n) is 15.9. The van der Waals surface area contributed by atoms with Crippen LogP contribution in [0.15, 0.2) is 29.3 Å². The molecule has 0 heterocycles. The number of rotatable bonds is 6. The Balaban J connectivity index is 0.00000576. The molecule has 0 fully saturated rings. The molecule has 1 atom stereocenters. The van der Waals surface area contributed by atoms with Crippen molar-refractivity contribution in [3.63, 3.8) is 0 Å². The van der Waals surface area contributed by atoms with Gasteiger partial charge in [0.2, 0.25) is 0 Å². The van der Waals surface area contributed by atoms with Crippen LogP contribution in [0.25, 0.3) is 0 Å². The fourth-order valence-electron chi connectivity index (χ4n) is 2.01. The largest absolute Gasteiger partial charge is 0.488 e. The first-order valence-corrected chi connectivity index (χ1v) is 8.06. The number of carbonyl (C=O) groups is 1. The molecule has 2 N–H and O–H groups in total. The minimum atomic E-state index is -0.258. The molecule has 1 aromatic carbocycles. The second kappa shape index (κ2) is 11.2. The van der Waals surface area contributed by atoms with E-state index >= 15 is 0 Å². The number of methoxy groups -OCH3 is 1. The number of hydrogen-bond donors (Lipinski definition) is 2. The topological polar surface area (TPSA) is 72.0 Å². The molecule has 0 aromatic heterocycles. The highest BCUT2D eigenvalue weighted by molar-refractivity contribution is 14.0. The zero-order chi connectivity index (χ0) is 18.2. The second-order valence-corrected chi connectivity index (χ2v) is 6.55. The monoisotopic (exact) mass is 463 g/mol. The fraction of sp³-hybridized carbons (Fsp3) is 0.556. The SMILES string of the molecule is CN=C(NCc1ccccc1OC(C)(C)C)NCC(C)C(=O)OC.I. The Morgan fingerprint density at radius 1 is 1.24 bits per heavy atom. The third-order valence-corrected chi connectivity index (χ3v) is 3.24. The molecule has 6 nitrogen and oxygen atoms in total. The van der Waals surface area contributed by atoms with Crippen LogP contribution >= 0.6 is 24.0 Å². The number of hydrogen-bond acceptors (Lipinski definition) is 4. The highest BCUT2D eigenvalue weighted by Gasteiger charge is 2.15. The van der Waals surface area contributed by atoms with Gasteiger partial charge >= 0.3 is 5.97 Å². The number of carbonyl (C=O) groups excluding carboxylic acids is 1. The van der Waals surface area contributed by atoms with Gasteiger partial charge in [-0.1, -0.05) is 25.1 Å². The molecule has 0 saturated heterocycles. The summed E-state index contributed by atoms with van der Waals surface area (Å²) in [6.45, 7) is 8.88. The van der Waals surface area contributed by atoms with Crippen molar-refractivity contribution in [2.24, 2.45) is 10.9 Å². The summed E-state index contributed by atoms with van der Waals surface area (Å²) in [5.41, 5.74) is 0.780. The van der Waals surface area contributed by atoms with Crippen molar-refractivity contribution in [3.05, 3.63) is 29.8 Å². The van der Waals surface area contributed by atoms with Crippen molar-refractivity contribution in [1.29, 1.82) is 0 Å². The quantitative estimate of drug-likeness (QED) is 0.294. The summed E-state index contributed by atoms with van der Waals surface area (Å²) in [7, 11) is 3.08. The van der Waals surface area contributed by atoms with Crippen LogP contribution in [0, 0.1) is 5.92 Å². The molecule has 1 unspecified atom stereocenters. The van der Waals surface area contributed by atoms with E-state index in [0.29, 0.717) is 19.0 Å². The summed E-state index contributed by atoms with van der Waals surface area (Å²) in [5, 5.41) is 6.35. The van der Waals surface area contributed by atoms with E-state index in [1.54, 1.807) is 14.0 Å². The van der Waals surface area contributed by atoms with Crippen LogP contribution in [0.4, 0.5) is 0 Å². The first-order chi connectivity index (χ1) is 11.3. The number of benzene rings is 1. The number of aliphatic imine (C=N–C) groups is 1. The van der Waals surface area contributed by atoms with Gasteiger partial charge in [0.1, 0.15) is 11.4 Å². The van der Waals surface area contributed by atoms with Crippen molar-refractivity contribution in [2.75, 3.05) is 20.7 Å². The van der Waals surface area contributed by atoms with E-state index in [-0.39, 0.29) is 41.5 Å². The van der Waals surface area contributed by atoms with Crippen LogP contribution in [0.2, 0.25) is 0 Å². The maximum absolute atomic E-state index is 11.4. The Labute approximate surface area is 167 Å². The Morgan fingerprint density at radius 3 is 2.44 bits per heavy atom. The van der Waals surface area contributed by atoms with E-state index in [0.717, 1.165) is 11.3 Å². The van der Waals surface area contributed by atoms with Crippen LogP contribution in [-0.2, 0) is 16.1 Å². The lowest BCUT2D eigenvalue weighted by atomic mass is 10.1. The average molecular weight is 463 g/mol. The van der Waals surface area contributed by atoms with Crippen molar-refractivity contribution in [2.45, 2.75) is 39.8 Å². The number of para-hydroxylation sites is 1. The number of ether oxygens (including phenoxy) is 2. The third kappa shape index (κ3) is 8.94. The molecule has 7 heteroatoms. The second-order valence-electron chi connectivity index (χ2n) is 6.55. The van der Waals surface area contributed by atoms with Gasteiger partial charge in [-0.05, 0) is 26.8 Å². The normalized spacial score (nSPS) is 12.6. The highest BCUT2D eigenvalue weighted by Crippen LogP contribution is 2.22. The number of nitrogens with one attached hydrogen (secondary N) is 2. The van der Waals surface area contributed by atoms with Crippen LogP contribution < -0.4 is 15.4 Å². The minimum Gasteiger partial charge on any atom is -0.488 e. The van der Waals surface area contributed by atoms with E-state index in [2.05, 4.69) is 15.6 Å². The molecule has 1 rings (SSSR count). The first kappa shape index (κ1) is 23.5. The van der Waals surface area contributed by atoms with Gasteiger partial charge in [0.15, 0.2) is 5.96 Å². The highest BCUT2D eigenvalue weighted by atomic mass is 127. The van der Waals surface area contributed by atoms with Gasteiger partial charge in [-0.25, -0.2) is 0 Å². The third-order valence-electron chi connectivity index (χ3n) is 3.24. The van der Waals surface area contributed by atoms with Crippen LogP contribution in [0.3, 0.4) is 0 Å². The molecule has 0 aliphatic rings. The lowest BCUT2D eigenvalue weighted by Gasteiger charge is -2.23. The van der Waals surface area contributed by atoms with E-state index in [9.17, 15) is 4.79 Å². The number of nitrogens with zero attached hydrogens (tertiary/aromatic N) is 1. The van der Waals surface area contributed by atoms with Gasteiger partial charge in [0, 0.05) is 25.7 Å². The van der Waals surface area contributed by atoms with Gasteiger partial charge in [-0.2, -0.15) is 0 Å². The molecule has 0 aliphatic heterocycles. The maximum Gasteiger partial charge on any atom is 0.310 e. The molecule has 0 saturated carbocycles. The molecular formula is C18H30IN3O3. The molecule has 0 radical (unpaired) electrons. The van der Waals surface area contributed by atoms with Crippen LogP contribution in [-0.4, -0.2) is 38.2 Å². The number of halogens is 1. The van der Waals surface area contributed by atoms with Gasteiger partial charge < -0.3 is 20.1 Å². The minimum absolute atomic E-state index is 0. The molecule has 0 bridgehead atoms. The standard InChI is InChI=1S/C18H29N3O3.HI/c1-13(16(22)23-6)11-20-17(19-5)21-12-14-9-7-8-10-15(14)24-18(2,3)4;/h7-10,13H,11-12H2,1-6H3,(H2,19,20,21);1H. The predicted octanol–water partition coefficient (Wildman–Crippen LogP) is 2.96. The summed E-state index contributed by atoms with van der Waals surface area (Å²) in [5.74, 6) is 0.971. The van der Waals surface area contributed by atoms with E-state index in [1.807, 2.05) is 45.0 Å². The van der Waals surface area contributed by atoms with Gasteiger partial charge in [0.25, 0.3) is 0 Å². The molecule has 25 heavy (non-hydrogen) atoms. The summed E-state index contributed by atoms with van der Waals surface area (Å²) in [4.78, 5) is 15.6. The Hall–Kier alpha value is -1.51. The van der Waals surface area contributed by atoms with Crippen molar-refractivity contribution in [1.82, 2.24) is 10.6 Å². The summed E-state index contributed by atoms with van der Waals surface area (Å²) in [6.07, 6.45) is 0. The van der Waals surface area contributed by atoms with Crippen LogP contribution in [0.5, 0.6) is 5.75 Å². The van der Waals surface area contributed by atoms with Crippen molar-refractivity contribution in [3.8, 4) is 5.75 Å². The van der Waals surface area contributed by atoms with Gasteiger partial charge in [0.05, 0.1) is 13.0 Å². The van der Waals surface area contributed by atoms with Gasteiger partial charge in [-0.15, -0.1) is 24.0 Å². The fourth-order valence-corrected chi connectivity index (χ4v) is 2.01. The Bertz CT molecular complexity index is 571. The van der Waals surface area contributed by atoms with E-state index < -0.39 is 0 Å². The smallest absolute Gasteiger partial charge is 0.310 e. The van der Waals surface area contributed by atoms with Crippen LogP contribution in [0.1, 0.15) is 33.3 Å². The van der Waals surface area contributed by atoms with E-state index in [1.165, 1.54) is 7.11 Å². The van der Waals surface area contributed by atoms with Gasteiger partial charge in [-0.3, -0.25) is 9.79 Å². The summed E-state index contributed by atoms with van der Waals surface area (Å²) >= 11 is 0. The molecular weight excluding hydrogens is 433 g/mol. The number of guanidine groups is 1. The molecule has 0 amide bonds. The lowest BCUT2D eigenvalue weighted by Crippen LogP contribution is -2.40. The molecule has 142 valence electrons. The zero-order valence-corrected chi connectivity index (χ0v) is 18.2. The lowest BCUT2D eigenvalue weighted by molar-refractivity contribution is -0.144. The number of esters is 1. The first-order valence-electron chi connectivity index (χ1n) is 8.06. The molecule has 0 spiro atoms. The van der Waals surface area contributed by atoms with Crippen molar-refractivity contribution < 1.29 is 14.3 Å². The summed E-state index contributed by atoms with van der Waals surface area (Å²) < 4.78 is 10.7. The predicted molar refractivity (Wildman–Crippen MR) is 112 cm³/mol. The maximum atomic E-state index is 11.4. The van der Waals surface area contributed by atoms with E-state index in [4.69, 9.17) is 9.47 Å². The Kier molecular flexibility index (Phi) is 10.5. The molecule has 0 aliphatic carbocycles. The molecule has 1 aromatic rings. The average Bonchev–Trinajstić information content (AvgIpc) is 2.53. The summed E-state index contributed by atoms with van der Waals surface area (Å²) in [6, 6.07) is 7.90.